The minimum Gasteiger partial charge on any atom is -0.357 e. The van der Waals surface area contributed by atoms with Crippen LogP contribution in [0.1, 0.15) is 32.3 Å². The number of nitrogens with one attached hydrogen (secondary N) is 1. The topological polar surface area (TPSA) is 48.5 Å². The number of carbonyl (C=O) groups excluding carboxylic acids is 1. The molecule has 0 aliphatic carbocycles. The first-order chi connectivity index (χ1) is 12.6. The lowest BCUT2D eigenvalue weighted by Crippen LogP contribution is -2.46. The number of nitrogens with zero attached hydrogens (tertiary/aromatic N) is 3. The van der Waals surface area contributed by atoms with Gasteiger partial charge in [-0.2, -0.15) is 13.2 Å². The van der Waals surface area contributed by atoms with Crippen LogP contribution in [0.3, 0.4) is 0 Å². The van der Waals surface area contributed by atoms with Crippen molar-refractivity contribution in [1.29, 1.82) is 0 Å². The standard InChI is InChI=1S/C19H29F3N4O/c1-13(2)16(25(3)4)12-24-18(27)14-7-9-26(10-8-14)17-6-5-15(11-23-17)19(20,21)22/h5-6,11,13-14,16H,7-10,12H2,1-4H3,(H,24,27). The molecule has 0 bridgehead atoms. The lowest BCUT2D eigenvalue weighted by Gasteiger charge is -2.33. The molecule has 0 spiro atoms. The Morgan fingerprint density at radius 1 is 1.30 bits per heavy atom. The van der Waals surface area contributed by atoms with Gasteiger partial charge in [-0.05, 0) is 45.0 Å². The third kappa shape index (κ3) is 5.82. The largest absolute Gasteiger partial charge is 0.417 e. The predicted octanol–water partition coefficient (Wildman–Crippen LogP) is 3.02. The van der Waals surface area contributed by atoms with Crippen molar-refractivity contribution in [2.24, 2.45) is 11.8 Å². The number of piperidine rings is 1. The van der Waals surface area contributed by atoms with Crippen molar-refractivity contribution in [3.8, 4) is 0 Å². The number of hydrogen-bond acceptors (Lipinski definition) is 4. The van der Waals surface area contributed by atoms with Crippen LogP contribution in [0.4, 0.5) is 19.0 Å². The lowest BCUT2D eigenvalue weighted by atomic mass is 9.95. The molecule has 1 unspecified atom stereocenters. The molecule has 0 aromatic carbocycles. The van der Waals surface area contributed by atoms with E-state index in [9.17, 15) is 18.0 Å². The summed E-state index contributed by atoms with van der Waals surface area (Å²) in [4.78, 5) is 20.4. The summed E-state index contributed by atoms with van der Waals surface area (Å²) >= 11 is 0. The van der Waals surface area contributed by atoms with Crippen LogP contribution in [0, 0.1) is 11.8 Å². The van der Waals surface area contributed by atoms with Crippen molar-refractivity contribution in [1.82, 2.24) is 15.2 Å². The van der Waals surface area contributed by atoms with Gasteiger partial charge in [0.2, 0.25) is 5.91 Å². The van der Waals surface area contributed by atoms with Crippen LogP contribution in [0.5, 0.6) is 0 Å². The van der Waals surface area contributed by atoms with Crippen molar-refractivity contribution in [2.75, 3.05) is 38.6 Å². The molecular formula is C19H29F3N4O. The highest BCUT2D eigenvalue weighted by molar-refractivity contribution is 5.79. The molecule has 0 saturated carbocycles. The summed E-state index contributed by atoms with van der Waals surface area (Å²) in [5.74, 6) is 0.954. The van der Waals surface area contributed by atoms with E-state index in [1.54, 1.807) is 0 Å². The molecule has 152 valence electrons. The molecule has 2 rings (SSSR count). The number of carbonyl (C=O) groups is 1. The van der Waals surface area contributed by atoms with Crippen LogP contribution in [-0.2, 0) is 11.0 Å². The minimum atomic E-state index is -4.38. The maximum absolute atomic E-state index is 12.6. The van der Waals surface area contributed by atoms with Crippen molar-refractivity contribution < 1.29 is 18.0 Å². The Hall–Kier alpha value is -1.83. The first-order valence-electron chi connectivity index (χ1n) is 9.32. The Labute approximate surface area is 158 Å². The van der Waals surface area contributed by atoms with Crippen LogP contribution in [0.15, 0.2) is 18.3 Å². The van der Waals surface area contributed by atoms with E-state index in [0.717, 1.165) is 12.3 Å². The zero-order chi connectivity index (χ0) is 20.2. The van der Waals surface area contributed by atoms with Crippen LogP contribution < -0.4 is 10.2 Å². The van der Waals surface area contributed by atoms with Crippen molar-refractivity contribution in [3.63, 3.8) is 0 Å². The molecule has 1 N–H and O–H groups in total. The minimum absolute atomic E-state index is 0.0579. The molecule has 1 saturated heterocycles. The number of aromatic nitrogens is 1. The normalized spacial score (nSPS) is 17.4. The van der Waals surface area contributed by atoms with E-state index < -0.39 is 11.7 Å². The third-order valence-electron chi connectivity index (χ3n) is 5.18. The number of pyridine rings is 1. The number of likely N-dealkylation sites (N-methyl/N-ethyl adjacent to an activating group) is 1. The summed E-state index contributed by atoms with van der Waals surface area (Å²) in [7, 11) is 4.01. The number of amides is 1. The number of halogens is 3. The maximum Gasteiger partial charge on any atom is 0.417 e. The van der Waals surface area contributed by atoms with Gasteiger partial charge in [-0.25, -0.2) is 4.98 Å². The summed E-state index contributed by atoms with van der Waals surface area (Å²) in [5, 5.41) is 3.05. The average Bonchev–Trinajstić information content (AvgIpc) is 2.60. The third-order valence-corrected chi connectivity index (χ3v) is 5.18. The van der Waals surface area contributed by atoms with Gasteiger partial charge in [0, 0.05) is 37.8 Å². The number of anilines is 1. The molecule has 0 radical (unpaired) electrons. The highest BCUT2D eigenvalue weighted by Gasteiger charge is 2.31. The summed E-state index contributed by atoms with van der Waals surface area (Å²) in [6.45, 7) is 6.10. The molecule has 2 heterocycles. The van der Waals surface area contributed by atoms with Crippen LogP contribution >= 0.6 is 0 Å². The molecule has 1 fully saturated rings. The fourth-order valence-corrected chi connectivity index (χ4v) is 3.48. The van der Waals surface area contributed by atoms with Gasteiger partial charge < -0.3 is 15.1 Å². The average molecular weight is 386 g/mol. The first kappa shape index (κ1) is 21.5. The number of alkyl halides is 3. The number of rotatable bonds is 6. The second-order valence-electron chi connectivity index (χ2n) is 7.68. The Balaban J connectivity index is 1.85. The molecule has 1 aliphatic heterocycles. The molecule has 5 nitrogen and oxygen atoms in total. The van der Waals surface area contributed by atoms with Gasteiger partial charge in [0.05, 0.1) is 5.56 Å². The van der Waals surface area contributed by atoms with E-state index in [4.69, 9.17) is 0 Å². The quantitative estimate of drug-likeness (QED) is 0.817. The highest BCUT2D eigenvalue weighted by atomic mass is 19.4. The van der Waals surface area contributed by atoms with E-state index >= 15 is 0 Å². The Morgan fingerprint density at radius 2 is 1.93 bits per heavy atom. The summed E-state index contributed by atoms with van der Waals surface area (Å²) < 4.78 is 37.9. The molecule has 8 heteroatoms. The lowest BCUT2D eigenvalue weighted by molar-refractivity contribution is -0.137. The Bertz CT molecular complexity index is 600. The van der Waals surface area contributed by atoms with Gasteiger partial charge in [-0.3, -0.25) is 4.79 Å². The van der Waals surface area contributed by atoms with Crippen LogP contribution in [0.2, 0.25) is 0 Å². The van der Waals surface area contributed by atoms with Gasteiger partial charge in [0.15, 0.2) is 0 Å². The van der Waals surface area contributed by atoms with Crippen molar-refractivity contribution in [2.45, 2.75) is 38.9 Å². The predicted molar refractivity (Wildman–Crippen MR) is 99.5 cm³/mol. The van der Waals surface area contributed by atoms with E-state index in [0.29, 0.717) is 44.2 Å². The van der Waals surface area contributed by atoms with E-state index in [1.165, 1.54) is 6.07 Å². The summed E-state index contributed by atoms with van der Waals surface area (Å²) in [6.07, 6.45) is -2.18. The molecule has 1 aliphatic rings. The molecular weight excluding hydrogens is 357 g/mol. The Kier molecular flexibility index (Phi) is 7.08. The Morgan fingerprint density at radius 3 is 2.37 bits per heavy atom. The van der Waals surface area contributed by atoms with Crippen LogP contribution in [0.25, 0.3) is 0 Å². The molecule has 1 atom stereocenters. The molecule has 1 amide bonds. The van der Waals surface area contributed by atoms with Gasteiger partial charge in [0.25, 0.3) is 0 Å². The van der Waals surface area contributed by atoms with E-state index in [1.807, 2.05) is 19.0 Å². The van der Waals surface area contributed by atoms with Crippen LogP contribution in [-0.4, -0.2) is 55.6 Å². The number of hydrogen-bond donors (Lipinski definition) is 1. The molecule has 27 heavy (non-hydrogen) atoms. The van der Waals surface area contributed by atoms with Crippen molar-refractivity contribution >= 4 is 11.7 Å². The highest BCUT2D eigenvalue weighted by Crippen LogP contribution is 2.30. The first-order valence-corrected chi connectivity index (χ1v) is 9.32. The van der Waals surface area contributed by atoms with Gasteiger partial charge in [-0.15, -0.1) is 0 Å². The second-order valence-corrected chi connectivity index (χ2v) is 7.68. The zero-order valence-corrected chi connectivity index (χ0v) is 16.4. The molecule has 1 aromatic heterocycles. The smallest absolute Gasteiger partial charge is 0.357 e. The summed E-state index contributed by atoms with van der Waals surface area (Å²) in [6, 6.07) is 2.73. The zero-order valence-electron chi connectivity index (χ0n) is 16.4. The second kappa shape index (κ2) is 8.91. The summed E-state index contributed by atoms with van der Waals surface area (Å²) in [5.41, 5.74) is -0.749. The fraction of sp³-hybridized carbons (Fsp3) is 0.684. The van der Waals surface area contributed by atoms with E-state index in [-0.39, 0.29) is 17.9 Å². The van der Waals surface area contributed by atoms with E-state index in [2.05, 4.69) is 29.0 Å². The SMILES string of the molecule is CC(C)C(CNC(=O)C1CCN(c2ccc(C(F)(F)F)cn2)CC1)N(C)C. The van der Waals surface area contributed by atoms with Gasteiger partial charge >= 0.3 is 6.18 Å². The monoisotopic (exact) mass is 386 g/mol. The van der Waals surface area contributed by atoms with Gasteiger partial charge in [0.1, 0.15) is 5.82 Å². The molecule has 1 aromatic rings. The van der Waals surface area contributed by atoms with Gasteiger partial charge in [-0.1, -0.05) is 13.8 Å². The maximum atomic E-state index is 12.6. The van der Waals surface area contributed by atoms with Crippen molar-refractivity contribution in [3.05, 3.63) is 23.9 Å². The fourth-order valence-electron chi connectivity index (χ4n) is 3.48.